The molecule has 5 nitrogen and oxygen atoms in total. The topological polar surface area (TPSA) is 65.0 Å². The van der Waals surface area contributed by atoms with Gasteiger partial charge in [0.05, 0.1) is 19.3 Å². The van der Waals surface area contributed by atoms with Crippen molar-refractivity contribution in [1.82, 2.24) is 0 Å². The maximum Gasteiger partial charge on any atom is 0.339 e. The molecule has 1 aromatic rings. The molecule has 0 radical (unpaired) electrons. The number of methoxy groups -OCH3 is 2. The first-order valence-electron chi connectivity index (χ1n) is 6.42. The van der Waals surface area contributed by atoms with Crippen LogP contribution in [0.1, 0.15) is 36.2 Å². The van der Waals surface area contributed by atoms with Crippen molar-refractivity contribution >= 4 is 5.97 Å². The summed E-state index contributed by atoms with van der Waals surface area (Å²) >= 11 is 0. The van der Waals surface area contributed by atoms with Gasteiger partial charge in [0.1, 0.15) is 11.3 Å². The molecule has 0 atom stereocenters. The summed E-state index contributed by atoms with van der Waals surface area (Å²) < 4.78 is 15.9. The molecule has 0 heterocycles. The SMILES string of the molecule is COc1ccc(COCCC(C)(C)OC)cc1C(=O)O. The summed E-state index contributed by atoms with van der Waals surface area (Å²) in [7, 11) is 3.12. The minimum Gasteiger partial charge on any atom is -0.496 e. The zero-order valence-electron chi connectivity index (χ0n) is 12.4. The van der Waals surface area contributed by atoms with E-state index in [1.165, 1.54) is 7.11 Å². The zero-order chi connectivity index (χ0) is 15.2. The molecule has 1 rings (SSSR count). The van der Waals surface area contributed by atoms with Crippen molar-refractivity contribution in [3.05, 3.63) is 29.3 Å². The summed E-state index contributed by atoms with van der Waals surface area (Å²) in [5, 5.41) is 9.09. The lowest BCUT2D eigenvalue weighted by molar-refractivity contribution is -0.0124. The zero-order valence-corrected chi connectivity index (χ0v) is 12.4. The smallest absolute Gasteiger partial charge is 0.339 e. The minimum atomic E-state index is -1.01. The van der Waals surface area contributed by atoms with Gasteiger partial charge in [0, 0.05) is 13.7 Å². The molecule has 20 heavy (non-hydrogen) atoms. The predicted molar refractivity (Wildman–Crippen MR) is 75.3 cm³/mol. The van der Waals surface area contributed by atoms with Crippen LogP contribution in [0.4, 0.5) is 0 Å². The third-order valence-electron chi connectivity index (χ3n) is 3.16. The van der Waals surface area contributed by atoms with Gasteiger partial charge in [0.25, 0.3) is 0 Å². The summed E-state index contributed by atoms with van der Waals surface area (Å²) in [6, 6.07) is 5.01. The quantitative estimate of drug-likeness (QED) is 0.743. The highest BCUT2D eigenvalue weighted by molar-refractivity contribution is 5.91. The van der Waals surface area contributed by atoms with Crippen molar-refractivity contribution in [3.63, 3.8) is 0 Å². The fraction of sp³-hybridized carbons (Fsp3) is 0.533. The number of hydrogen-bond acceptors (Lipinski definition) is 4. The van der Waals surface area contributed by atoms with Gasteiger partial charge < -0.3 is 19.3 Å². The van der Waals surface area contributed by atoms with Gasteiger partial charge in [-0.2, -0.15) is 0 Å². The van der Waals surface area contributed by atoms with Gasteiger partial charge in [-0.25, -0.2) is 4.79 Å². The van der Waals surface area contributed by atoms with Gasteiger partial charge in [0.15, 0.2) is 0 Å². The average Bonchev–Trinajstić information content (AvgIpc) is 2.43. The van der Waals surface area contributed by atoms with Crippen LogP contribution in [0.5, 0.6) is 5.75 Å². The van der Waals surface area contributed by atoms with E-state index in [1.54, 1.807) is 25.3 Å². The Labute approximate surface area is 119 Å². The molecule has 0 amide bonds. The van der Waals surface area contributed by atoms with Crippen LogP contribution < -0.4 is 4.74 Å². The number of hydrogen-bond donors (Lipinski definition) is 1. The van der Waals surface area contributed by atoms with Gasteiger partial charge in [-0.1, -0.05) is 6.07 Å². The van der Waals surface area contributed by atoms with E-state index in [0.717, 1.165) is 12.0 Å². The highest BCUT2D eigenvalue weighted by Gasteiger charge is 2.16. The van der Waals surface area contributed by atoms with Crippen molar-refractivity contribution in [3.8, 4) is 5.75 Å². The molecule has 0 saturated heterocycles. The third kappa shape index (κ3) is 4.83. The van der Waals surface area contributed by atoms with E-state index in [1.807, 2.05) is 13.8 Å². The van der Waals surface area contributed by atoms with E-state index in [0.29, 0.717) is 19.0 Å². The fourth-order valence-corrected chi connectivity index (χ4v) is 1.62. The lowest BCUT2D eigenvalue weighted by atomic mass is 10.1. The van der Waals surface area contributed by atoms with Crippen LogP contribution in [-0.2, 0) is 16.1 Å². The highest BCUT2D eigenvalue weighted by Crippen LogP contribution is 2.20. The Kier molecular flexibility index (Phi) is 5.98. The van der Waals surface area contributed by atoms with Crippen LogP contribution in [0.25, 0.3) is 0 Å². The summed E-state index contributed by atoms with van der Waals surface area (Å²) in [4.78, 5) is 11.1. The molecule has 0 aliphatic carbocycles. The first-order valence-corrected chi connectivity index (χ1v) is 6.42. The molecule has 0 unspecified atom stereocenters. The molecule has 0 saturated carbocycles. The van der Waals surface area contributed by atoms with Gasteiger partial charge in [-0.3, -0.25) is 0 Å². The number of aromatic carboxylic acids is 1. The van der Waals surface area contributed by atoms with Crippen LogP contribution in [0.3, 0.4) is 0 Å². The van der Waals surface area contributed by atoms with Gasteiger partial charge in [-0.15, -0.1) is 0 Å². The van der Waals surface area contributed by atoms with Crippen molar-refractivity contribution in [2.45, 2.75) is 32.5 Å². The van der Waals surface area contributed by atoms with E-state index in [9.17, 15) is 4.79 Å². The molecule has 0 aliphatic heterocycles. The average molecular weight is 282 g/mol. The molecule has 0 aromatic heterocycles. The third-order valence-corrected chi connectivity index (χ3v) is 3.16. The molecule has 0 fully saturated rings. The molecule has 0 spiro atoms. The van der Waals surface area contributed by atoms with Gasteiger partial charge in [0.2, 0.25) is 0 Å². The molecule has 1 N–H and O–H groups in total. The second-order valence-electron chi connectivity index (χ2n) is 5.11. The van der Waals surface area contributed by atoms with E-state index in [4.69, 9.17) is 19.3 Å². The van der Waals surface area contributed by atoms with E-state index in [-0.39, 0.29) is 11.2 Å². The lowest BCUT2D eigenvalue weighted by Crippen LogP contribution is -2.24. The molecule has 0 aliphatic rings. The molecular formula is C15H22O5. The predicted octanol–water partition coefficient (Wildman–Crippen LogP) is 2.73. The van der Waals surface area contributed by atoms with Crippen molar-refractivity contribution in [2.24, 2.45) is 0 Å². The van der Waals surface area contributed by atoms with Crippen LogP contribution in [-0.4, -0.2) is 37.5 Å². The first kappa shape index (κ1) is 16.5. The Morgan fingerprint density at radius 2 is 2.00 bits per heavy atom. The normalized spacial score (nSPS) is 11.4. The molecule has 0 bridgehead atoms. The monoisotopic (exact) mass is 282 g/mol. The van der Waals surface area contributed by atoms with Crippen LogP contribution in [0, 0.1) is 0 Å². The molecule has 5 heteroatoms. The second-order valence-corrected chi connectivity index (χ2v) is 5.11. The van der Waals surface area contributed by atoms with Crippen molar-refractivity contribution < 1.29 is 24.1 Å². The van der Waals surface area contributed by atoms with E-state index >= 15 is 0 Å². The number of ether oxygens (including phenoxy) is 3. The van der Waals surface area contributed by atoms with E-state index < -0.39 is 5.97 Å². The summed E-state index contributed by atoms with van der Waals surface area (Å²) in [5.74, 6) is -0.661. The maximum absolute atomic E-state index is 11.1. The Bertz CT molecular complexity index is 454. The Morgan fingerprint density at radius 1 is 1.30 bits per heavy atom. The molecule has 112 valence electrons. The maximum atomic E-state index is 11.1. The Morgan fingerprint density at radius 3 is 2.55 bits per heavy atom. The summed E-state index contributed by atoms with van der Waals surface area (Å²) in [6.07, 6.45) is 0.769. The lowest BCUT2D eigenvalue weighted by Gasteiger charge is -2.22. The summed E-state index contributed by atoms with van der Waals surface area (Å²) in [6.45, 7) is 4.90. The second kappa shape index (κ2) is 7.26. The highest BCUT2D eigenvalue weighted by atomic mass is 16.5. The number of carboxylic acid groups (broad SMARTS) is 1. The van der Waals surface area contributed by atoms with E-state index in [2.05, 4.69) is 0 Å². The Balaban J connectivity index is 2.57. The number of rotatable bonds is 8. The minimum absolute atomic E-state index is 0.144. The largest absolute Gasteiger partial charge is 0.496 e. The standard InChI is InChI=1S/C15H22O5/c1-15(2,19-4)7-8-20-10-11-5-6-13(18-3)12(9-11)14(16)17/h5-6,9H,7-8,10H2,1-4H3,(H,16,17). The van der Waals surface area contributed by atoms with Gasteiger partial charge in [-0.05, 0) is 38.0 Å². The van der Waals surface area contributed by atoms with Crippen molar-refractivity contribution in [2.75, 3.05) is 20.8 Å². The number of carboxylic acids is 1. The van der Waals surface area contributed by atoms with Crippen LogP contribution in [0.2, 0.25) is 0 Å². The molecular weight excluding hydrogens is 260 g/mol. The number of benzene rings is 1. The first-order chi connectivity index (χ1) is 9.39. The Hall–Kier alpha value is -1.59. The number of carbonyl (C=O) groups is 1. The molecule has 1 aromatic carbocycles. The fourth-order valence-electron chi connectivity index (χ4n) is 1.62. The van der Waals surface area contributed by atoms with Gasteiger partial charge >= 0.3 is 5.97 Å². The summed E-state index contributed by atoms with van der Waals surface area (Å²) in [5.41, 5.74) is 0.732. The van der Waals surface area contributed by atoms with Crippen molar-refractivity contribution in [1.29, 1.82) is 0 Å². The van der Waals surface area contributed by atoms with Crippen LogP contribution >= 0.6 is 0 Å². The van der Waals surface area contributed by atoms with Crippen LogP contribution in [0.15, 0.2) is 18.2 Å².